The molecule has 3 aromatic rings. The van der Waals surface area contributed by atoms with E-state index in [4.69, 9.17) is 10.3 Å². The number of nitrogens with zero attached hydrogens (tertiary/aromatic N) is 2. The molecule has 0 bridgehead atoms. The minimum Gasteiger partial charge on any atom is -0.351 e. The van der Waals surface area contributed by atoms with Crippen LogP contribution in [0.15, 0.2) is 83.8 Å². The number of hydrogen-bond donors (Lipinski definition) is 2. The highest BCUT2D eigenvalue weighted by Crippen LogP contribution is 2.34. The molecule has 0 unspecified atom stereocenters. The molecule has 1 aliphatic heterocycles. The average molecular weight is 624 g/mol. The van der Waals surface area contributed by atoms with Gasteiger partial charge >= 0.3 is 6.03 Å². The van der Waals surface area contributed by atoms with Gasteiger partial charge in [0.15, 0.2) is 5.78 Å². The molecule has 1 saturated heterocycles. The predicted octanol–water partition coefficient (Wildman–Crippen LogP) is 6.36. The Bertz CT molecular complexity index is 1500. The maximum Gasteiger partial charge on any atom is 0.319 e. The van der Waals surface area contributed by atoms with Crippen LogP contribution in [0, 0.1) is 17.7 Å². The number of piperidine rings is 1. The molecule has 2 amide bonds. The lowest BCUT2D eigenvalue weighted by Crippen LogP contribution is -2.52. The van der Waals surface area contributed by atoms with Gasteiger partial charge in [-0.2, -0.15) is 8.42 Å². The van der Waals surface area contributed by atoms with Crippen molar-refractivity contribution < 1.29 is 27.0 Å². The van der Waals surface area contributed by atoms with Crippen LogP contribution in [0.1, 0.15) is 61.4 Å². The molecule has 0 radical (unpaired) electrons. The number of carbonyl (C=O) groups excluding carboxylic acids is 2. The summed E-state index contributed by atoms with van der Waals surface area (Å²) in [6, 6.07) is 21.1. The second-order valence-corrected chi connectivity index (χ2v) is 13.2. The number of primary amides is 1. The highest BCUT2D eigenvalue weighted by Gasteiger charge is 2.35. The number of nitrogens with two attached hydrogens (primary N) is 1. The molecular weight excluding hydrogens is 581 g/mol. The SMILES string of the molecule is CC(=O)c1cccc(N(C(N)=O)[C@@H]2CCCC[C@H]2CN2CCC[C@@H](Cc3ccc(F)cc3)C2)c1.O=S(=O)(O)c1ccccc1. The molecule has 3 N–H and O–H groups in total. The summed E-state index contributed by atoms with van der Waals surface area (Å²) in [5, 5.41) is 0. The van der Waals surface area contributed by atoms with Crippen molar-refractivity contribution in [1.29, 1.82) is 0 Å². The first kappa shape index (κ1) is 33.3. The molecular formula is C34H42FN3O5S. The summed E-state index contributed by atoms with van der Waals surface area (Å²) in [4.78, 5) is 28.7. The molecule has 3 atom stereocenters. The number of halogens is 1. The van der Waals surface area contributed by atoms with Gasteiger partial charge in [-0.15, -0.1) is 0 Å². The summed E-state index contributed by atoms with van der Waals surface area (Å²) < 4.78 is 42.5. The van der Waals surface area contributed by atoms with Gasteiger partial charge in [0.25, 0.3) is 10.1 Å². The number of rotatable bonds is 8. The van der Waals surface area contributed by atoms with Crippen molar-refractivity contribution in [3.8, 4) is 0 Å². The smallest absolute Gasteiger partial charge is 0.319 e. The number of Topliss-reactive ketones (excluding diaryl/α,β-unsaturated/α-hetero) is 1. The van der Waals surface area contributed by atoms with Gasteiger partial charge in [-0.3, -0.25) is 14.2 Å². The number of amides is 2. The van der Waals surface area contributed by atoms with Crippen molar-refractivity contribution in [2.24, 2.45) is 17.6 Å². The fourth-order valence-corrected chi connectivity index (χ4v) is 6.96. The quantitative estimate of drug-likeness (QED) is 0.223. The fourth-order valence-electron chi connectivity index (χ4n) is 6.46. The van der Waals surface area contributed by atoms with Crippen molar-refractivity contribution in [3.63, 3.8) is 0 Å². The zero-order valence-electron chi connectivity index (χ0n) is 25.1. The van der Waals surface area contributed by atoms with Crippen molar-refractivity contribution >= 4 is 27.6 Å². The largest absolute Gasteiger partial charge is 0.351 e. The first-order valence-corrected chi connectivity index (χ1v) is 16.6. The van der Waals surface area contributed by atoms with E-state index in [1.165, 1.54) is 31.0 Å². The molecule has 0 aromatic heterocycles. The molecule has 236 valence electrons. The van der Waals surface area contributed by atoms with Crippen molar-refractivity contribution in [3.05, 3.63) is 95.8 Å². The van der Waals surface area contributed by atoms with Gasteiger partial charge in [-0.05, 0) is 99.4 Å². The third-order valence-electron chi connectivity index (χ3n) is 8.54. The van der Waals surface area contributed by atoms with E-state index in [0.29, 0.717) is 23.1 Å². The molecule has 2 fully saturated rings. The molecule has 0 spiro atoms. The average Bonchev–Trinajstić information content (AvgIpc) is 3.00. The predicted molar refractivity (Wildman–Crippen MR) is 170 cm³/mol. The summed E-state index contributed by atoms with van der Waals surface area (Å²) in [5.74, 6) is 0.685. The van der Waals surface area contributed by atoms with Gasteiger partial charge in [0.05, 0.1) is 4.90 Å². The summed E-state index contributed by atoms with van der Waals surface area (Å²) in [7, 11) is -4.00. The highest BCUT2D eigenvalue weighted by atomic mass is 32.2. The lowest BCUT2D eigenvalue weighted by atomic mass is 9.82. The summed E-state index contributed by atoms with van der Waals surface area (Å²) in [5.41, 5.74) is 8.40. The highest BCUT2D eigenvalue weighted by molar-refractivity contribution is 7.85. The molecule has 1 saturated carbocycles. The Morgan fingerprint density at radius 3 is 2.30 bits per heavy atom. The van der Waals surface area contributed by atoms with Crippen LogP contribution in [-0.4, -0.2) is 55.4 Å². The van der Waals surface area contributed by atoms with E-state index in [-0.39, 0.29) is 22.5 Å². The lowest BCUT2D eigenvalue weighted by Gasteiger charge is -2.43. The Morgan fingerprint density at radius 2 is 1.66 bits per heavy atom. The van der Waals surface area contributed by atoms with E-state index in [0.717, 1.165) is 58.2 Å². The summed E-state index contributed by atoms with van der Waals surface area (Å²) >= 11 is 0. The molecule has 1 aliphatic carbocycles. The van der Waals surface area contributed by atoms with Gasteiger partial charge in [-0.25, -0.2) is 9.18 Å². The van der Waals surface area contributed by atoms with Gasteiger partial charge in [0.1, 0.15) is 5.82 Å². The standard InChI is InChI=1S/C28H36FN3O2.C6H6O3S/c1-20(33)23-8-4-9-26(17-23)32(28(30)34)27-10-3-2-7-24(27)19-31-15-5-6-22(18-31)16-21-11-13-25(29)14-12-21;7-10(8,9)6-4-2-1-3-5-6/h4,8-9,11-14,17,22,24,27H,2-3,5-7,10,15-16,18-19H2,1H3,(H2,30,34);1-5H,(H,7,8,9)/t22-,24-,27+;/m0./s1. The maximum absolute atomic E-state index is 13.3. The minimum absolute atomic E-state index is 0.0213. The van der Waals surface area contributed by atoms with Gasteiger partial charge in [0, 0.05) is 30.4 Å². The molecule has 2 aliphatic rings. The number of hydrogen-bond acceptors (Lipinski definition) is 5. The summed E-state index contributed by atoms with van der Waals surface area (Å²) in [6.45, 7) is 4.58. The van der Waals surface area contributed by atoms with Gasteiger partial charge in [-0.1, -0.05) is 55.3 Å². The third kappa shape index (κ3) is 9.45. The lowest BCUT2D eigenvalue weighted by molar-refractivity contribution is 0.101. The molecule has 1 heterocycles. The number of benzene rings is 3. The normalized spacial score (nSPS) is 20.7. The van der Waals surface area contributed by atoms with Crippen LogP contribution >= 0.6 is 0 Å². The molecule has 3 aromatic carbocycles. The van der Waals surface area contributed by atoms with Crippen LogP contribution in [0.4, 0.5) is 14.9 Å². The zero-order chi connectivity index (χ0) is 31.7. The van der Waals surface area contributed by atoms with Gasteiger partial charge in [0.2, 0.25) is 0 Å². The Labute approximate surface area is 259 Å². The molecule has 5 rings (SSSR count). The maximum atomic E-state index is 13.3. The van der Waals surface area contributed by atoms with Crippen LogP contribution in [0.3, 0.4) is 0 Å². The van der Waals surface area contributed by atoms with Crippen LogP contribution in [-0.2, 0) is 16.5 Å². The van der Waals surface area contributed by atoms with E-state index < -0.39 is 16.1 Å². The van der Waals surface area contributed by atoms with Crippen LogP contribution in [0.5, 0.6) is 0 Å². The minimum atomic E-state index is -4.00. The zero-order valence-corrected chi connectivity index (χ0v) is 26.0. The summed E-state index contributed by atoms with van der Waals surface area (Å²) in [6.07, 6.45) is 7.54. The number of ketones is 1. The van der Waals surface area contributed by atoms with Gasteiger partial charge < -0.3 is 10.6 Å². The van der Waals surface area contributed by atoms with E-state index in [1.54, 1.807) is 47.4 Å². The van der Waals surface area contributed by atoms with E-state index in [1.807, 2.05) is 24.3 Å². The van der Waals surface area contributed by atoms with Crippen molar-refractivity contribution in [2.45, 2.75) is 62.8 Å². The first-order chi connectivity index (χ1) is 21.0. The Balaban J connectivity index is 0.000000375. The van der Waals surface area contributed by atoms with Crippen molar-refractivity contribution in [2.75, 3.05) is 24.5 Å². The Hall–Kier alpha value is -3.60. The third-order valence-corrected chi connectivity index (χ3v) is 9.41. The van der Waals surface area contributed by atoms with Crippen LogP contribution in [0.25, 0.3) is 0 Å². The number of likely N-dealkylation sites (tertiary alicyclic amines) is 1. The van der Waals surface area contributed by atoms with Crippen LogP contribution < -0.4 is 10.6 Å². The van der Waals surface area contributed by atoms with E-state index in [9.17, 15) is 22.4 Å². The fraction of sp³-hybridized carbons (Fsp3) is 0.412. The topological polar surface area (TPSA) is 121 Å². The molecule has 8 nitrogen and oxygen atoms in total. The monoisotopic (exact) mass is 623 g/mol. The number of carbonyl (C=O) groups is 2. The van der Waals surface area contributed by atoms with Crippen molar-refractivity contribution in [1.82, 2.24) is 4.90 Å². The Morgan fingerprint density at radius 1 is 0.955 bits per heavy atom. The molecule has 10 heteroatoms. The van der Waals surface area contributed by atoms with E-state index in [2.05, 4.69) is 4.90 Å². The second-order valence-electron chi connectivity index (χ2n) is 11.8. The number of urea groups is 1. The Kier molecular flexibility index (Phi) is 11.7. The van der Waals surface area contributed by atoms with Crippen LogP contribution in [0.2, 0.25) is 0 Å². The second kappa shape index (κ2) is 15.4. The number of anilines is 1. The van der Waals surface area contributed by atoms with E-state index >= 15 is 0 Å². The molecule has 44 heavy (non-hydrogen) atoms. The first-order valence-electron chi connectivity index (χ1n) is 15.2.